The highest BCUT2D eigenvalue weighted by Gasteiger charge is 2.04. The Bertz CT molecular complexity index is 550. The van der Waals surface area contributed by atoms with Crippen LogP contribution in [0, 0.1) is 0 Å². The molecule has 0 aliphatic heterocycles. The molecule has 0 fully saturated rings. The minimum Gasteiger partial charge on any atom is -0.384 e. The molecule has 0 spiro atoms. The lowest BCUT2D eigenvalue weighted by Crippen LogP contribution is -1.99. The second kappa shape index (κ2) is 6.06. The predicted octanol–water partition coefficient (Wildman–Crippen LogP) is 3.90. The highest BCUT2D eigenvalue weighted by molar-refractivity contribution is 7.99. The van der Waals surface area contributed by atoms with Crippen LogP contribution in [-0.2, 0) is 6.42 Å². The summed E-state index contributed by atoms with van der Waals surface area (Å²) in [5.41, 5.74) is 7.14. The van der Waals surface area contributed by atoms with Gasteiger partial charge in [-0.15, -0.1) is 0 Å². The average molecular weight is 273 g/mol. The van der Waals surface area contributed by atoms with E-state index in [1.54, 1.807) is 11.8 Å². The van der Waals surface area contributed by atoms with Crippen LogP contribution in [0.1, 0.15) is 38.1 Å². The van der Waals surface area contributed by atoms with Crippen LogP contribution in [0.25, 0.3) is 0 Å². The van der Waals surface area contributed by atoms with E-state index < -0.39 is 0 Å². The molecular formula is C15H19N3S. The largest absolute Gasteiger partial charge is 0.384 e. The molecule has 0 amide bonds. The van der Waals surface area contributed by atoms with E-state index in [-0.39, 0.29) is 0 Å². The van der Waals surface area contributed by atoms with Gasteiger partial charge in [0, 0.05) is 17.4 Å². The zero-order valence-electron chi connectivity index (χ0n) is 11.6. The van der Waals surface area contributed by atoms with Gasteiger partial charge in [-0.05, 0) is 23.6 Å². The maximum Gasteiger partial charge on any atom is 0.131 e. The quantitative estimate of drug-likeness (QED) is 0.858. The Morgan fingerprint density at radius 1 is 1.16 bits per heavy atom. The van der Waals surface area contributed by atoms with Crippen LogP contribution in [0.2, 0.25) is 0 Å². The van der Waals surface area contributed by atoms with Crippen LogP contribution >= 0.6 is 11.8 Å². The molecule has 2 aromatic rings. The van der Waals surface area contributed by atoms with Gasteiger partial charge in [-0.25, -0.2) is 9.97 Å². The first-order valence-electron chi connectivity index (χ1n) is 6.49. The molecule has 4 heteroatoms. The van der Waals surface area contributed by atoms with Crippen molar-refractivity contribution in [2.45, 2.75) is 43.0 Å². The summed E-state index contributed by atoms with van der Waals surface area (Å²) in [7, 11) is 0. The van der Waals surface area contributed by atoms with E-state index in [2.05, 4.69) is 48.1 Å². The van der Waals surface area contributed by atoms with Gasteiger partial charge in [0.25, 0.3) is 0 Å². The van der Waals surface area contributed by atoms with Crippen molar-refractivity contribution in [2.24, 2.45) is 0 Å². The summed E-state index contributed by atoms with van der Waals surface area (Å²) in [6.45, 7) is 6.42. The molecular weight excluding hydrogens is 254 g/mol. The van der Waals surface area contributed by atoms with Gasteiger partial charge in [0.1, 0.15) is 16.7 Å². The lowest BCUT2D eigenvalue weighted by molar-refractivity contribution is 0.864. The van der Waals surface area contributed by atoms with Gasteiger partial charge < -0.3 is 5.73 Å². The van der Waals surface area contributed by atoms with Crippen molar-refractivity contribution < 1.29 is 0 Å². The summed E-state index contributed by atoms with van der Waals surface area (Å²) in [5, 5.41) is 0.904. The number of benzene rings is 1. The first-order valence-corrected chi connectivity index (χ1v) is 7.31. The van der Waals surface area contributed by atoms with Gasteiger partial charge in [-0.3, -0.25) is 0 Å². The standard InChI is InChI=1S/C15H19N3S/c1-4-14-17-13(16)9-15(18-14)19-12-7-5-11(6-8-12)10(2)3/h5-10H,4H2,1-3H3,(H2,16,17,18). The number of nitrogen functional groups attached to an aromatic ring is 1. The predicted molar refractivity (Wildman–Crippen MR) is 80.5 cm³/mol. The number of hydrogen-bond donors (Lipinski definition) is 1. The highest BCUT2D eigenvalue weighted by atomic mass is 32.2. The molecule has 0 aliphatic rings. The van der Waals surface area contributed by atoms with Crippen molar-refractivity contribution in [2.75, 3.05) is 5.73 Å². The van der Waals surface area contributed by atoms with Crippen molar-refractivity contribution in [3.63, 3.8) is 0 Å². The SMILES string of the molecule is CCc1nc(N)cc(Sc2ccc(C(C)C)cc2)n1. The maximum atomic E-state index is 5.79. The third-order valence-corrected chi connectivity index (χ3v) is 3.78. The molecule has 1 heterocycles. The van der Waals surface area contributed by atoms with Crippen LogP contribution in [0.3, 0.4) is 0 Å². The number of hydrogen-bond acceptors (Lipinski definition) is 4. The third kappa shape index (κ3) is 3.70. The topological polar surface area (TPSA) is 51.8 Å². The molecule has 0 saturated heterocycles. The fraction of sp³-hybridized carbons (Fsp3) is 0.333. The van der Waals surface area contributed by atoms with Crippen molar-refractivity contribution in [3.05, 3.63) is 41.7 Å². The zero-order chi connectivity index (χ0) is 13.8. The molecule has 0 unspecified atom stereocenters. The zero-order valence-corrected chi connectivity index (χ0v) is 12.4. The van der Waals surface area contributed by atoms with E-state index in [4.69, 9.17) is 5.73 Å². The molecule has 2 rings (SSSR count). The van der Waals surface area contributed by atoms with Gasteiger partial charge in [-0.1, -0.05) is 44.7 Å². The van der Waals surface area contributed by atoms with Crippen molar-refractivity contribution in [1.82, 2.24) is 9.97 Å². The molecule has 1 aromatic carbocycles. The average Bonchev–Trinajstić information content (AvgIpc) is 2.38. The van der Waals surface area contributed by atoms with Crippen LogP contribution in [0.5, 0.6) is 0 Å². The monoisotopic (exact) mass is 273 g/mol. The smallest absolute Gasteiger partial charge is 0.131 e. The molecule has 2 N–H and O–H groups in total. The van der Waals surface area contributed by atoms with Gasteiger partial charge >= 0.3 is 0 Å². The fourth-order valence-electron chi connectivity index (χ4n) is 1.74. The summed E-state index contributed by atoms with van der Waals surface area (Å²) in [5.74, 6) is 1.88. The first-order chi connectivity index (χ1) is 9.08. The lowest BCUT2D eigenvalue weighted by atomic mass is 10.0. The summed E-state index contributed by atoms with van der Waals surface area (Å²) in [6.07, 6.45) is 0.797. The van der Waals surface area contributed by atoms with Gasteiger partial charge in [-0.2, -0.15) is 0 Å². The van der Waals surface area contributed by atoms with E-state index in [9.17, 15) is 0 Å². The Morgan fingerprint density at radius 2 is 1.84 bits per heavy atom. The number of aryl methyl sites for hydroxylation is 1. The second-order valence-corrected chi connectivity index (χ2v) is 5.82. The molecule has 100 valence electrons. The molecule has 0 saturated carbocycles. The molecule has 19 heavy (non-hydrogen) atoms. The Hall–Kier alpha value is -1.55. The van der Waals surface area contributed by atoms with Crippen LogP contribution in [0.4, 0.5) is 5.82 Å². The number of aromatic nitrogens is 2. The van der Waals surface area contributed by atoms with Crippen molar-refractivity contribution in [3.8, 4) is 0 Å². The summed E-state index contributed by atoms with van der Waals surface area (Å²) in [4.78, 5) is 9.83. The highest BCUT2D eigenvalue weighted by Crippen LogP contribution is 2.28. The van der Waals surface area contributed by atoms with E-state index >= 15 is 0 Å². The number of nitrogens with zero attached hydrogens (tertiary/aromatic N) is 2. The second-order valence-electron chi connectivity index (χ2n) is 4.73. The van der Waals surface area contributed by atoms with Crippen LogP contribution in [-0.4, -0.2) is 9.97 Å². The van der Waals surface area contributed by atoms with Crippen molar-refractivity contribution in [1.29, 1.82) is 0 Å². The number of anilines is 1. The Balaban J connectivity index is 2.18. The Morgan fingerprint density at radius 3 is 2.42 bits per heavy atom. The van der Waals surface area contributed by atoms with Crippen LogP contribution in [0.15, 0.2) is 40.3 Å². The van der Waals surface area contributed by atoms with E-state index in [0.717, 1.165) is 17.3 Å². The molecule has 0 radical (unpaired) electrons. The molecule has 0 aliphatic carbocycles. The maximum absolute atomic E-state index is 5.79. The minimum atomic E-state index is 0.535. The van der Waals surface area contributed by atoms with Gasteiger partial charge in [0.2, 0.25) is 0 Å². The first kappa shape index (κ1) is 13.9. The van der Waals surface area contributed by atoms with Crippen LogP contribution < -0.4 is 5.73 Å². The third-order valence-electron chi connectivity index (χ3n) is 2.85. The normalized spacial score (nSPS) is 10.9. The van der Waals surface area contributed by atoms with E-state index in [1.165, 1.54) is 10.5 Å². The number of rotatable bonds is 4. The lowest BCUT2D eigenvalue weighted by Gasteiger charge is -2.07. The van der Waals surface area contributed by atoms with Gasteiger partial charge in [0.15, 0.2) is 0 Å². The minimum absolute atomic E-state index is 0.535. The van der Waals surface area contributed by atoms with E-state index in [1.807, 2.05) is 13.0 Å². The Kier molecular flexibility index (Phi) is 4.43. The Labute approximate surface area is 118 Å². The van der Waals surface area contributed by atoms with Gasteiger partial charge in [0.05, 0.1) is 0 Å². The molecule has 0 atom stereocenters. The summed E-state index contributed by atoms with van der Waals surface area (Å²) < 4.78 is 0. The fourth-order valence-corrected chi connectivity index (χ4v) is 2.59. The molecule has 1 aromatic heterocycles. The molecule has 3 nitrogen and oxygen atoms in total. The summed E-state index contributed by atoms with van der Waals surface area (Å²) in [6, 6.07) is 10.4. The molecule has 0 bridgehead atoms. The van der Waals surface area contributed by atoms with Crippen molar-refractivity contribution >= 4 is 17.6 Å². The van der Waals surface area contributed by atoms with E-state index in [0.29, 0.717) is 11.7 Å². The number of nitrogens with two attached hydrogens (primary N) is 1. The summed E-state index contributed by atoms with van der Waals surface area (Å²) >= 11 is 1.62.